The van der Waals surface area contributed by atoms with Crippen LogP contribution >= 0.6 is 15.9 Å². The van der Waals surface area contributed by atoms with E-state index in [1.165, 1.54) is 19.1 Å². The van der Waals surface area contributed by atoms with E-state index in [0.29, 0.717) is 4.47 Å². The molecule has 18 heavy (non-hydrogen) atoms. The van der Waals surface area contributed by atoms with E-state index in [9.17, 15) is 14.9 Å². The molecule has 0 aliphatic rings. The van der Waals surface area contributed by atoms with Gasteiger partial charge < -0.3 is 4.74 Å². The van der Waals surface area contributed by atoms with Crippen molar-refractivity contribution in [3.8, 4) is 5.75 Å². The first kappa shape index (κ1) is 14.4. The molecule has 0 saturated heterocycles. The number of benzene rings is 1. The molecule has 0 fully saturated rings. The summed E-state index contributed by atoms with van der Waals surface area (Å²) in [6.45, 7) is 3.33. The van der Waals surface area contributed by atoms with Crippen LogP contribution in [0.5, 0.6) is 5.75 Å². The van der Waals surface area contributed by atoms with Crippen LogP contribution in [0.15, 0.2) is 28.8 Å². The molecule has 96 valence electrons. The molecule has 0 aliphatic heterocycles. The van der Waals surface area contributed by atoms with Gasteiger partial charge >= 0.3 is 5.69 Å². The van der Waals surface area contributed by atoms with Gasteiger partial charge in [0.1, 0.15) is 6.61 Å². The first-order valence-electron chi connectivity index (χ1n) is 5.20. The SMILES string of the molecule is C/C=C/COc1c(C(C)=O)cc(Br)cc1[N+](=O)[O-]. The van der Waals surface area contributed by atoms with Crippen LogP contribution in [0.1, 0.15) is 24.2 Å². The van der Waals surface area contributed by atoms with Gasteiger partial charge in [-0.2, -0.15) is 0 Å². The summed E-state index contributed by atoms with van der Waals surface area (Å²) in [5.74, 6) is -0.274. The Labute approximate surface area is 113 Å². The highest BCUT2D eigenvalue weighted by atomic mass is 79.9. The third-order valence-electron chi connectivity index (χ3n) is 2.17. The van der Waals surface area contributed by atoms with Gasteiger partial charge in [-0.25, -0.2) is 0 Å². The first-order chi connectivity index (χ1) is 8.47. The van der Waals surface area contributed by atoms with Crippen LogP contribution in [0.4, 0.5) is 5.69 Å². The molecule has 0 spiro atoms. The number of nitrogens with zero attached hydrogens (tertiary/aromatic N) is 1. The lowest BCUT2D eigenvalue weighted by Crippen LogP contribution is -2.05. The van der Waals surface area contributed by atoms with Gasteiger partial charge in [0.25, 0.3) is 0 Å². The number of carbonyl (C=O) groups is 1. The Morgan fingerprint density at radius 1 is 1.56 bits per heavy atom. The molecule has 5 nitrogen and oxygen atoms in total. The van der Waals surface area contributed by atoms with E-state index in [1.54, 1.807) is 12.2 Å². The van der Waals surface area contributed by atoms with Gasteiger partial charge in [-0.05, 0) is 19.9 Å². The molecule has 0 aromatic heterocycles. The van der Waals surface area contributed by atoms with E-state index in [1.807, 2.05) is 6.92 Å². The molecule has 6 heteroatoms. The molecule has 0 bridgehead atoms. The topological polar surface area (TPSA) is 69.4 Å². The van der Waals surface area contributed by atoms with Crippen molar-refractivity contribution in [3.05, 3.63) is 44.4 Å². The highest BCUT2D eigenvalue weighted by molar-refractivity contribution is 9.10. The molecule has 1 aromatic carbocycles. The van der Waals surface area contributed by atoms with Crippen LogP contribution in [0.2, 0.25) is 0 Å². The van der Waals surface area contributed by atoms with E-state index in [4.69, 9.17) is 4.74 Å². The molecule has 0 amide bonds. The van der Waals surface area contributed by atoms with E-state index in [-0.39, 0.29) is 29.4 Å². The summed E-state index contributed by atoms with van der Waals surface area (Å²) < 4.78 is 5.79. The Kier molecular flexibility index (Phi) is 5.03. The summed E-state index contributed by atoms with van der Waals surface area (Å²) >= 11 is 3.14. The van der Waals surface area contributed by atoms with Gasteiger partial charge in [0.05, 0.1) is 10.5 Å². The molecule has 0 atom stereocenters. The molecule has 0 heterocycles. The van der Waals surface area contributed by atoms with Gasteiger partial charge in [-0.15, -0.1) is 0 Å². The van der Waals surface area contributed by atoms with E-state index in [2.05, 4.69) is 15.9 Å². The lowest BCUT2D eigenvalue weighted by molar-refractivity contribution is -0.385. The first-order valence-corrected chi connectivity index (χ1v) is 5.99. The summed E-state index contributed by atoms with van der Waals surface area (Å²) in [5, 5.41) is 11.0. The van der Waals surface area contributed by atoms with Gasteiger partial charge in [0.15, 0.2) is 5.78 Å². The minimum absolute atomic E-state index is 0.00815. The fraction of sp³-hybridized carbons (Fsp3) is 0.250. The van der Waals surface area contributed by atoms with Crippen LogP contribution in [0.25, 0.3) is 0 Å². The predicted octanol–water partition coefficient (Wildman–Crippen LogP) is 3.51. The zero-order valence-corrected chi connectivity index (χ0v) is 11.6. The largest absolute Gasteiger partial charge is 0.482 e. The second-order valence-electron chi connectivity index (χ2n) is 3.49. The van der Waals surface area contributed by atoms with Crippen molar-refractivity contribution >= 4 is 27.4 Å². The van der Waals surface area contributed by atoms with Gasteiger partial charge in [0.2, 0.25) is 5.75 Å². The molecule has 0 N–H and O–H groups in total. The van der Waals surface area contributed by atoms with Gasteiger partial charge in [0, 0.05) is 10.5 Å². The van der Waals surface area contributed by atoms with Crippen LogP contribution in [0.3, 0.4) is 0 Å². The number of allylic oxidation sites excluding steroid dienone is 1. The zero-order chi connectivity index (χ0) is 13.7. The quantitative estimate of drug-likeness (QED) is 0.361. The summed E-state index contributed by atoms with van der Waals surface area (Å²) in [5.41, 5.74) is -0.0281. The summed E-state index contributed by atoms with van der Waals surface area (Å²) in [6.07, 6.45) is 3.47. The monoisotopic (exact) mass is 313 g/mol. The summed E-state index contributed by atoms with van der Waals surface area (Å²) in [7, 11) is 0. The Bertz CT molecular complexity index is 476. The van der Waals surface area contributed by atoms with E-state index >= 15 is 0 Å². The molecule has 0 unspecified atom stereocenters. The molecular formula is C12H12BrNO4. The number of halogens is 1. The second kappa shape index (κ2) is 6.30. The minimum atomic E-state index is -0.567. The maximum absolute atomic E-state index is 11.5. The smallest absolute Gasteiger partial charge is 0.312 e. The van der Waals surface area contributed by atoms with Crippen molar-refractivity contribution in [3.63, 3.8) is 0 Å². The van der Waals surface area contributed by atoms with Gasteiger partial charge in [-0.1, -0.05) is 28.1 Å². The van der Waals surface area contributed by atoms with Crippen molar-refractivity contribution < 1.29 is 14.5 Å². The standard InChI is InChI=1S/C12H12BrNO4/c1-3-4-5-18-12-10(8(2)15)6-9(13)7-11(12)14(16)17/h3-4,6-7H,5H2,1-2H3/b4-3+. The highest BCUT2D eigenvalue weighted by Gasteiger charge is 2.22. The third-order valence-corrected chi connectivity index (χ3v) is 2.63. The number of hydrogen-bond donors (Lipinski definition) is 0. The molecule has 0 radical (unpaired) electrons. The number of Topliss-reactive ketones (excluding diaryl/α,β-unsaturated/α-hetero) is 1. The minimum Gasteiger partial charge on any atom is -0.482 e. The molecule has 0 aliphatic carbocycles. The van der Waals surface area contributed by atoms with Crippen LogP contribution in [0, 0.1) is 10.1 Å². The Hall–Kier alpha value is -1.69. The maximum Gasteiger partial charge on any atom is 0.312 e. The average Bonchev–Trinajstić information content (AvgIpc) is 2.30. The maximum atomic E-state index is 11.5. The number of nitro benzene ring substituents is 1. The van der Waals surface area contributed by atoms with Gasteiger partial charge in [-0.3, -0.25) is 14.9 Å². The number of rotatable bonds is 5. The average molecular weight is 314 g/mol. The lowest BCUT2D eigenvalue weighted by atomic mass is 10.1. The van der Waals surface area contributed by atoms with Crippen molar-refractivity contribution in [1.82, 2.24) is 0 Å². The van der Waals surface area contributed by atoms with E-state index in [0.717, 1.165) is 0 Å². The second-order valence-corrected chi connectivity index (χ2v) is 4.41. The summed E-state index contributed by atoms with van der Waals surface area (Å²) in [6, 6.07) is 2.83. The number of ketones is 1. The van der Waals surface area contributed by atoms with E-state index < -0.39 is 4.92 Å². The number of carbonyl (C=O) groups excluding carboxylic acids is 1. The zero-order valence-electron chi connectivity index (χ0n) is 9.97. The normalized spacial score (nSPS) is 10.6. The Balaban J connectivity index is 3.31. The predicted molar refractivity (Wildman–Crippen MR) is 71.1 cm³/mol. The number of hydrogen-bond acceptors (Lipinski definition) is 4. The highest BCUT2D eigenvalue weighted by Crippen LogP contribution is 2.34. The van der Waals surface area contributed by atoms with Crippen molar-refractivity contribution in [2.75, 3.05) is 6.61 Å². The number of nitro groups is 1. The molecule has 0 saturated carbocycles. The Morgan fingerprint density at radius 2 is 2.22 bits per heavy atom. The van der Waals surface area contributed by atoms with Crippen molar-refractivity contribution in [2.24, 2.45) is 0 Å². The molecule has 1 rings (SSSR count). The van der Waals surface area contributed by atoms with Crippen molar-refractivity contribution in [1.29, 1.82) is 0 Å². The Morgan fingerprint density at radius 3 is 2.72 bits per heavy atom. The number of ether oxygens (including phenoxy) is 1. The lowest BCUT2D eigenvalue weighted by Gasteiger charge is -2.09. The van der Waals surface area contributed by atoms with Crippen molar-refractivity contribution in [2.45, 2.75) is 13.8 Å². The van der Waals surface area contributed by atoms with Crippen LogP contribution in [-0.2, 0) is 0 Å². The fourth-order valence-electron chi connectivity index (χ4n) is 1.36. The van der Waals surface area contributed by atoms with Crippen LogP contribution < -0.4 is 4.74 Å². The molecular weight excluding hydrogens is 302 g/mol. The van der Waals surface area contributed by atoms with Crippen LogP contribution in [-0.4, -0.2) is 17.3 Å². The fourth-order valence-corrected chi connectivity index (χ4v) is 1.80. The third kappa shape index (κ3) is 3.40. The molecule has 1 aromatic rings. The summed E-state index contributed by atoms with van der Waals surface area (Å²) in [4.78, 5) is 21.9.